The lowest BCUT2D eigenvalue weighted by molar-refractivity contribution is -0.148. The highest BCUT2D eigenvalue weighted by molar-refractivity contribution is 5.75. The first-order chi connectivity index (χ1) is 5.57. The Morgan fingerprint density at radius 1 is 1.50 bits per heavy atom. The standard InChI is InChI=1S/C10H16O2/c1-8(2)7-10(9(11)12)5-3-4-6-10/h1,3-7H2,2H3,(H,11,12). The van der Waals surface area contributed by atoms with Gasteiger partial charge in [0, 0.05) is 0 Å². The van der Waals surface area contributed by atoms with E-state index >= 15 is 0 Å². The van der Waals surface area contributed by atoms with E-state index in [1.54, 1.807) is 0 Å². The molecule has 0 saturated heterocycles. The molecule has 0 atom stereocenters. The Labute approximate surface area is 73.3 Å². The third-order valence-electron chi connectivity index (χ3n) is 2.65. The molecular formula is C10H16O2. The number of hydrogen-bond donors (Lipinski definition) is 1. The van der Waals surface area contributed by atoms with Gasteiger partial charge in [0.1, 0.15) is 0 Å². The SMILES string of the molecule is C=C(C)CC1(C(=O)O)CCCC1. The van der Waals surface area contributed by atoms with Crippen LogP contribution >= 0.6 is 0 Å². The van der Waals surface area contributed by atoms with Crippen LogP contribution < -0.4 is 0 Å². The lowest BCUT2D eigenvalue weighted by Crippen LogP contribution is -2.27. The average Bonchev–Trinajstić information content (AvgIpc) is 2.35. The Balaban J connectivity index is 2.72. The Morgan fingerprint density at radius 2 is 2.00 bits per heavy atom. The fraction of sp³-hybridized carbons (Fsp3) is 0.700. The molecule has 68 valence electrons. The van der Waals surface area contributed by atoms with Crippen LogP contribution in [0.2, 0.25) is 0 Å². The van der Waals surface area contributed by atoms with Crippen LogP contribution in [0, 0.1) is 5.41 Å². The maximum atomic E-state index is 11.0. The van der Waals surface area contributed by atoms with Crippen LogP contribution in [0.4, 0.5) is 0 Å². The van der Waals surface area contributed by atoms with Crippen LogP contribution in [0.25, 0.3) is 0 Å². The molecule has 1 saturated carbocycles. The van der Waals surface area contributed by atoms with Crippen molar-refractivity contribution in [2.75, 3.05) is 0 Å². The van der Waals surface area contributed by atoms with Crippen LogP contribution in [-0.4, -0.2) is 11.1 Å². The van der Waals surface area contributed by atoms with Crippen LogP contribution in [-0.2, 0) is 4.79 Å². The minimum Gasteiger partial charge on any atom is -0.481 e. The van der Waals surface area contributed by atoms with E-state index in [-0.39, 0.29) is 0 Å². The summed E-state index contributed by atoms with van der Waals surface area (Å²) < 4.78 is 0. The zero-order chi connectivity index (χ0) is 9.19. The van der Waals surface area contributed by atoms with E-state index in [1.165, 1.54) is 0 Å². The number of carboxylic acids is 1. The molecule has 0 aromatic heterocycles. The first-order valence-corrected chi connectivity index (χ1v) is 4.45. The number of hydrogen-bond acceptors (Lipinski definition) is 1. The molecule has 0 amide bonds. The largest absolute Gasteiger partial charge is 0.481 e. The van der Waals surface area contributed by atoms with Gasteiger partial charge in [0.25, 0.3) is 0 Å². The summed E-state index contributed by atoms with van der Waals surface area (Å²) in [5.41, 5.74) is 0.519. The molecule has 0 aromatic rings. The molecular weight excluding hydrogens is 152 g/mol. The Morgan fingerprint density at radius 3 is 2.33 bits per heavy atom. The Kier molecular flexibility index (Phi) is 2.55. The summed E-state index contributed by atoms with van der Waals surface area (Å²) in [6, 6.07) is 0. The molecule has 0 unspecified atom stereocenters. The second-order valence-corrected chi connectivity index (χ2v) is 3.93. The molecule has 0 spiro atoms. The van der Waals surface area contributed by atoms with Gasteiger partial charge in [-0.15, -0.1) is 6.58 Å². The normalized spacial score (nSPS) is 20.8. The summed E-state index contributed by atoms with van der Waals surface area (Å²) in [5, 5.41) is 9.07. The summed E-state index contributed by atoms with van der Waals surface area (Å²) in [7, 11) is 0. The minimum absolute atomic E-state index is 0.466. The topological polar surface area (TPSA) is 37.3 Å². The van der Waals surface area contributed by atoms with E-state index in [1.807, 2.05) is 6.92 Å². The van der Waals surface area contributed by atoms with Gasteiger partial charge in [0.2, 0.25) is 0 Å². The van der Waals surface area contributed by atoms with Crippen LogP contribution in [0.1, 0.15) is 39.0 Å². The molecule has 12 heavy (non-hydrogen) atoms. The van der Waals surface area contributed by atoms with Gasteiger partial charge in [-0.2, -0.15) is 0 Å². The second-order valence-electron chi connectivity index (χ2n) is 3.93. The molecule has 1 rings (SSSR count). The highest BCUT2D eigenvalue weighted by Gasteiger charge is 2.40. The van der Waals surface area contributed by atoms with Crippen LogP contribution in [0.3, 0.4) is 0 Å². The van der Waals surface area contributed by atoms with Gasteiger partial charge in [-0.1, -0.05) is 18.4 Å². The lowest BCUT2D eigenvalue weighted by Gasteiger charge is -2.23. The Hall–Kier alpha value is -0.790. The van der Waals surface area contributed by atoms with Crippen LogP contribution in [0.15, 0.2) is 12.2 Å². The molecule has 1 fully saturated rings. The maximum absolute atomic E-state index is 11.0. The van der Waals surface area contributed by atoms with Crippen molar-refractivity contribution in [2.45, 2.75) is 39.0 Å². The van der Waals surface area contributed by atoms with Crippen molar-refractivity contribution in [1.29, 1.82) is 0 Å². The first kappa shape index (κ1) is 9.30. The van der Waals surface area contributed by atoms with Crippen molar-refractivity contribution in [3.8, 4) is 0 Å². The summed E-state index contributed by atoms with van der Waals surface area (Å²) in [5.74, 6) is -0.636. The molecule has 0 aromatic carbocycles. The predicted molar refractivity (Wildman–Crippen MR) is 48.0 cm³/mol. The molecule has 2 heteroatoms. The van der Waals surface area contributed by atoms with Crippen LogP contribution in [0.5, 0.6) is 0 Å². The molecule has 2 nitrogen and oxygen atoms in total. The molecule has 1 aliphatic rings. The third-order valence-corrected chi connectivity index (χ3v) is 2.65. The van der Waals surface area contributed by atoms with E-state index in [0.717, 1.165) is 31.3 Å². The minimum atomic E-state index is -0.636. The second kappa shape index (κ2) is 3.30. The lowest BCUT2D eigenvalue weighted by atomic mass is 9.80. The molecule has 0 heterocycles. The van der Waals surface area contributed by atoms with Gasteiger partial charge in [-0.05, 0) is 26.2 Å². The summed E-state index contributed by atoms with van der Waals surface area (Å²) in [4.78, 5) is 11.0. The summed E-state index contributed by atoms with van der Waals surface area (Å²) in [6.45, 7) is 5.69. The monoisotopic (exact) mass is 168 g/mol. The van der Waals surface area contributed by atoms with Crippen molar-refractivity contribution in [2.24, 2.45) is 5.41 Å². The molecule has 0 bridgehead atoms. The molecule has 0 radical (unpaired) electrons. The quantitative estimate of drug-likeness (QED) is 0.658. The highest BCUT2D eigenvalue weighted by Crippen LogP contribution is 2.42. The summed E-state index contributed by atoms with van der Waals surface area (Å²) in [6.07, 6.45) is 4.42. The van der Waals surface area contributed by atoms with Gasteiger partial charge >= 0.3 is 5.97 Å². The van der Waals surface area contributed by atoms with E-state index in [2.05, 4.69) is 6.58 Å². The average molecular weight is 168 g/mol. The van der Waals surface area contributed by atoms with Crippen molar-refractivity contribution in [3.63, 3.8) is 0 Å². The van der Waals surface area contributed by atoms with Gasteiger partial charge in [0.15, 0.2) is 0 Å². The zero-order valence-corrected chi connectivity index (χ0v) is 7.60. The summed E-state index contributed by atoms with van der Waals surface area (Å²) >= 11 is 0. The third kappa shape index (κ3) is 1.68. The van der Waals surface area contributed by atoms with Gasteiger partial charge < -0.3 is 5.11 Å². The van der Waals surface area contributed by atoms with Gasteiger partial charge in [0.05, 0.1) is 5.41 Å². The zero-order valence-electron chi connectivity index (χ0n) is 7.60. The number of aliphatic carboxylic acids is 1. The number of rotatable bonds is 3. The highest BCUT2D eigenvalue weighted by atomic mass is 16.4. The smallest absolute Gasteiger partial charge is 0.309 e. The fourth-order valence-electron chi connectivity index (χ4n) is 2.10. The number of carbonyl (C=O) groups is 1. The van der Waals surface area contributed by atoms with E-state index in [4.69, 9.17) is 5.11 Å². The fourth-order valence-corrected chi connectivity index (χ4v) is 2.10. The first-order valence-electron chi connectivity index (χ1n) is 4.45. The van der Waals surface area contributed by atoms with Crippen molar-refractivity contribution < 1.29 is 9.90 Å². The van der Waals surface area contributed by atoms with Gasteiger partial charge in [-0.25, -0.2) is 0 Å². The number of carboxylic acid groups (broad SMARTS) is 1. The molecule has 1 N–H and O–H groups in total. The van der Waals surface area contributed by atoms with Crippen molar-refractivity contribution >= 4 is 5.97 Å². The Bertz CT molecular complexity index is 200. The predicted octanol–water partition coefficient (Wildman–Crippen LogP) is 2.60. The van der Waals surface area contributed by atoms with Crippen molar-refractivity contribution in [3.05, 3.63) is 12.2 Å². The van der Waals surface area contributed by atoms with Crippen molar-refractivity contribution in [1.82, 2.24) is 0 Å². The van der Waals surface area contributed by atoms with E-state index < -0.39 is 11.4 Å². The van der Waals surface area contributed by atoms with E-state index in [0.29, 0.717) is 6.42 Å². The number of allylic oxidation sites excluding steroid dienone is 1. The molecule has 0 aliphatic heterocycles. The maximum Gasteiger partial charge on any atom is 0.309 e. The van der Waals surface area contributed by atoms with E-state index in [9.17, 15) is 4.79 Å². The molecule has 1 aliphatic carbocycles. The van der Waals surface area contributed by atoms with Gasteiger partial charge in [-0.3, -0.25) is 4.79 Å².